The largest absolute Gasteiger partial charge is 0.452 e. The predicted octanol–water partition coefficient (Wildman–Crippen LogP) is 1.70. The molecule has 3 rings (SSSR count). The predicted molar refractivity (Wildman–Crippen MR) is 120 cm³/mol. The van der Waals surface area contributed by atoms with Crippen LogP contribution in [0.4, 0.5) is 0 Å². The van der Waals surface area contributed by atoms with E-state index < -0.39 is 39.8 Å². The first-order valence-electron chi connectivity index (χ1n) is 10.8. The maximum Gasteiger partial charge on any atom is 0.344 e. The Labute approximate surface area is 187 Å². The number of rotatable bonds is 7. The molecule has 3 heterocycles. The average Bonchev–Trinajstić information content (AvgIpc) is 3.11. The van der Waals surface area contributed by atoms with E-state index in [0.717, 1.165) is 5.69 Å². The fraction of sp³-hybridized carbons (Fsp3) is 0.545. The fourth-order valence-corrected chi connectivity index (χ4v) is 5.74. The summed E-state index contributed by atoms with van der Waals surface area (Å²) in [6.07, 6.45) is 2.40. The summed E-state index contributed by atoms with van der Waals surface area (Å²) in [5, 5.41) is 0.302. The number of fused-ring (bicyclic) bond motifs is 1. The Kier molecular flexibility index (Phi) is 7.02. The molecule has 0 saturated carbocycles. The number of aromatic nitrogens is 2. The molecular weight excluding hydrogens is 434 g/mol. The first-order valence-corrected chi connectivity index (χ1v) is 12.6. The van der Waals surface area contributed by atoms with Crippen LogP contribution in [0.3, 0.4) is 0 Å². The molecule has 0 aromatic carbocycles. The first kappa shape index (κ1) is 23.9. The third kappa shape index (κ3) is 4.85. The number of sulfone groups is 1. The summed E-state index contributed by atoms with van der Waals surface area (Å²) in [7, 11) is -3.18. The second-order valence-electron chi connectivity index (χ2n) is 8.17. The normalized spacial score (nSPS) is 18.4. The SMILES string of the molecule is CC[C@H](C)N(C(=O)COC(=O)c1cn(CC)c2nc(C)ccc2c1=O)[C@H]1CCS(=O)(=O)C1. The Morgan fingerprint density at radius 3 is 2.62 bits per heavy atom. The van der Waals surface area contributed by atoms with Gasteiger partial charge >= 0.3 is 5.97 Å². The standard InChI is InChI=1S/C22H29N3O6S/c1-5-15(4)25(16-9-10-32(29,30)13-16)19(26)12-31-22(28)18-11-24(6-2)21-17(20(18)27)8-7-14(3)23-21/h7-8,11,15-16H,5-6,9-10,12-13H2,1-4H3/t15-,16-/m0/s1. The third-order valence-corrected chi connectivity index (χ3v) is 7.65. The highest BCUT2D eigenvalue weighted by Gasteiger charge is 2.36. The number of carbonyl (C=O) groups excluding carboxylic acids is 2. The van der Waals surface area contributed by atoms with Gasteiger partial charge in [0.05, 0.1) is 16.9 Å². The summed E-state index contributed by atoms with van der Waals surface area (Å²) in [5.41, 5.74) is 0.557. The second-order valence-corrected chi connectivity index (χ2v) is 10.4. The molecule has 174 valence electrons. The van der Waals surface area contributed by atoms with Crippen LogP contribution in [0.2, 0.25) is 0 Å². The van der Waals surface area contributed by atoms with Crippen molar-refractivity contribution in [1.29, 1.82) is 0 Å². The molecule has 10 heteroatoms. The van der Waals surface area contributed by atoms with Gasteiger partial charge < -0.3 is 14.2 Å². The van der Waals surface area contributed by atoms with Crippen molar-refractivity contribution in [2.75, 3.05) is 18.1 Å². The highest BCUT2D eigenvalue weighted by atomic mass is 32.2. The van der Waals surface area contributed by atoms with Crippen LogP contribution in [0.1, 0.15) is 49.7 Å². The maximum absolute atomic E-state index is 12.9. The van der Waals surface area contributed by atoms with E-state index in [4.69, 9.17) is 4.74 Å². The molecule has 2 aromatic rings. The third-order valence-electron chi connectivity index (χ3n) is 5.90. The number of aryl methyl sites for hydroxylation is 2. The van der Waals surface area contributed by atoms with E-state index in [1.54, 1.807) is 16.7 Å². The molecular formula is C22H29N3O6S. The molecule has 0 bridgehead atoms. The van der Waals surface area contributed by atoms with Crippen LogP contribution in [0.25, 0.3) is 11.0 Å². The van der Waals surface area contributed by atoms with Gasteiger partial charge in [-0.3, -0.25) is 9.59 Å². The fourth-order valence-electron chi connectivity index (χ4n) is 4.03. The Bertz CT molecular complexity index is 1200. The van der Waals surface area contributed by atoms with Gasteiger partial charge in [-0.2, -0.15) is 0 Å². The summed E-state index contributed by atoms with van der Waals surface area (Å²) in [6.45, 7) is 7.35. The lowest BCUT2D eigenvalue weighted by Gasteiger charge is -2.33. The Hall–Kier alpha value is -2.75. The zero-order valence-electron chi connectivity index (χ0n) is 18.8. The summed E-state index contributed by atoms with van der Waals surface area (Å²) in [5.74, 6) is -1.41. The van der Waals surface area contributed by atoms with E-state index in [1.807, 2.05) is 27.7 Å². The van der Waals surface area contributed by atoms with Crippen LogP contribution in [-0.2, 0) is 25.9 Å². The number of carbonyl (C=O) groups is 2. The summed E-state index contributed by atoms with van der Waals surface area (Å²) < 4.78 is 30.7. The zero-order chi connectivity index (χ0) is 23.6. The summed E-state index contributed by atoms with van der Waals surface area (Å²) in [4.78, 5) is 44.4. The van der Waals surface area contributed by atoms with E-state index in [2.05, 4.69) is 4.98 Å². The number of hydrogen-bond donors (Lipinski definition) is 0. The molecule has 0 aliphatic carbocycles. The minimum absolute atomic E-state index is 0.0405. The molecule has 1 aliphatic heterocycles. The minimum atomic E-state index is -3.18. The lowest BCUT2D eigenvalue weighted by atomic mass is 10.1. The van der Waals surface area contributed by atoms with Crippen LogP contribution < -0.4 is 5.43 Å². The first-order chi connectivity index (χ1) is 15.1. The lowest BCUT2D eigenvalue weighted by molar-refractivity contribution is -0.138. The molecule has 1 fully saturated rings. The number of ether oxygens (including phenoxy) is 1. The number of nitrogens with zero attached hydrogens (tertiary/aromatic N) is 3. The van der Waals surface area contributed by atoms with Gasteiger partial charge in [0.15, 0.2) is 16.4 Å². The van der Waals surface area contributed by atoms with Gasteiger partial charge in [0.2, 0.25) is 5.43 Å². The molecule has 1 amide bonds. The minimum Gasteiger partial charge on any atom is -0.452 e. The van der Waals surface area contributed by atoms with Crippen molar-refractivity contribution in [1.82, 2.24) is 14.5 Å². The molecule has 2 atom stereocenters. The molecule has 0 radical (unpaired) electrons. The van der Waals surface area contributed by atoms with E-state index in [0.29, 0.717) is 30.4 Å². The van der Waals surface area contributed by atoms with Gasteiger partial charge in [-0.1, -0.05) is 6.92 Å². The van der Waals surface area contributed by atoms with E-state index >= 15 is 0 Å². The summed E-state index contributed by atoms with van der Waals surface area (Å²) in [6, 6.07) is 2.68. The van der Waals surface area contributed by atoms with Crippen molar-refractivity contribution in [2.45, 2.75) is 59.2 Å². The summed E-state index contributed by atoms with van der Waals surface area (Å²) >= 11 is 0. The van der Waals surface area contributed by atoms with Gasteiger partial charge in [0, 0.05) is 30.5 Å². The number of amides is 1. The molecule has 0 unspecified atom stereocenters. The molecule has 1 aliphatic rings. The van der Waals surface area contributed by atoms with Crippen molar-refractivity contribution in [2.24, 2.45) is 0 Å². The molecule has 0 spiro atoms. The van der Waals surface area contributed by atoms with Crippen LogP contribution >= 0.6 is 0 Å². The molecule has 1 saturated heterocycles. The van der Waals surface area contributed by atoms with E-state index in [1.165, 1.54) is 11.1 Å². The van der Waals surface area contributed by atoms with Gasteiger partial charge in [-0.05, 0) is 45.7 Å². The molecule has 0 N–H and O–H groups in total. The van der Waals surface area contributed by atoms with Gasteiger partial charge in [-0.15, -0.1) is 0 Å². The van der Waals surface area contributed by atoms with Crippen LogP contribution in [0.5, 0.6) is 0 Å². The number of esters is 1. The van der Waals surface area contributed by atoms with Crippen LogP contribution in [0.15, 0.2) is 23.1 Å². The van der Waals surface area contributed by atoms with Crippen LogP contribution in [-0.4, -0.2) is 64.9 Å². The van der Waals surface area contributed by atoms with Gasteiger partial charge in [0.25, 0.3) is 5.91 Å². The quantitative estimate of drug-likeness (QED) is 0.574. The van der Waals surface area contributed by atoms with Crippen molar-refractivity contribution in [3.63, 3.8) is 0 Å². The average molecular weight is 464 g/mol. The molecule has 2 aromatic heterocycles. The van der Waals surface area contributed by atoms with E-state index in [-0.39, 0.29) is 23.1 Å². The number of hydrogen-bond acceptors (Lipinski definition) is 7. The van der Waals surface area contributed by atoms with E-state index in [9.17, 15) is 22.8 Å². The molecule has 9 nitrogen and oxygen atoms in total. The van der Waals surface area contributed by atoms with Gasteiger partial charge in [0.1, 0.15) is 11.2 Å². The second kappa shape index (κ2) is 9.40. The maximum atomic E-state index is 12.9. The monoisotopic (exact) mass is 463 g/mol. The smallest absolute Gasteiger partial charge is 0.344 e. The van der Waals surface area contributed by atoms with Crippen molar-refractivity contribution < 1.29 is 22.7 Å². The lowest BCUT2D eigenvalue weighted by Crippen LogP contribution is -2.48. The van der Waals surface area contributed by atoms with Crippen molar-refractivity contribution in [3.8, 4) is 0 Å². The van der Waals surface area contributed by atoms with Crippen LogP contribution in [0, 0.1) is 6.92 Å². The molecule has 32 heavy (non-hydrogen) atoms. The number of pyridine rings is 2. The highest BCUT2D eigenvalue weighted by Crippen LogP contribution is 2.21. The Balaban J connectivity index is 1.82. The van der Waals surface area contributed by atoms with Crippen molar-refractivity contribution in [3.05, 3.63) is 39.8 Å². The zero-order valence-corrected chi connectivity index (χ0v) is 19.6. The highest BCUT2D eigenvalue weighted by molar-refractivity contribution is 7.91. The Morgan fingerprint density at radius 2 is 2.03 bits per heavy atom. The van der Waals surface area contributed by atoms with Crippen molar-refractivity contribution >= 4 is 32.7 Å². The topological polar surface area (TPSA) is 116 Å². The Morgan fingerprint density at radius 1 is 1.31 bits per heavy atom. The van der Waals surface area contributed by atoms with Gasteiger partial charge in [-0.25, -0.2) is 18.2 Å².